The highest BCUT2D eigenvalue weighted by atomic mass is 16.5. The number of fused-ring (bicyclic) bond motifs is 2. The number of benzene rings is 3. The van der Waals surface area contributed by atoms with Crippen molar-refractivity contribution in [2.24, 2.45) is 0 Å². The van der Waals surface area contributed by atoms with Gasteiger partial charge in [-0.1, -0.05) is 76.4 Å². The monoisotopic (exact) mass is 402 g/mol. The Morgan fingerprint density at radius 1 is 0.733 bits per heavy atom. The Labute approximate surface area is 176 Å². The van der Waals surface area contributed by atoms with Crippen molar-refractivity contribution in [3.63, 3.8) is 0 Å². The molecular formula is C26H26O4. The Morgan fingerprint density at radius 2 is 1.20 bits per heavy atom. The van der Waals surface area contributed by atoms with Gasteiger partial charge < -0.3 is 9.47 Å². The van der Waals surface area contributed by atoms with Crippen LogP contribution in [0.5, 0.6) is 11.5 Å². The van der Waals surface area contributed by atoms with Crippen LogP contribution >= 0.6 is 0 Å². The normalized spacial score (nSPS) is 11.4. The van der Waals surface area contributed by atoms with Crippen molar-refractivity contribution < 1.29 is 19.1 Å². The molecule has 0 aromatic heterocycles. The molecule has 0 bridgehead atoms. The number of esters is 2. The third-order valence-corrected chi connectivity index (χ3v) is 4.85. The predicted molar refractivity (Wildman–Crippen MR) is 121 cm³/mol. The summed E-state index contributed by atoms with van der Waals surface area (Å²) in [5.74, 6) is -0.143. The van der Waals surface area contributed by atoms with E-state index in [0.717, 1.165) is 10.9 Å². The van der Waals surface area contributed by atoms with Crippen LogP contribution in [-0.2, 0) is 15.0 Å². The fourth-order valence-electron chi connectivity index (χ4n) is 3.35. The summed E-state index contributed by atoms with van der Waals surface area (Å²) in [6.45, 7) is 16.9. The molecule has 0 heterocycles. The second kappa shape index (κ2) is 7.79. The average molecular weight is 402 g/mol. The molecule has 0 spiro atoms. The average Bonchev–Trinajstić information content (AvgIpc) is 2.68. The first kappa shape index (κ1) is 21.3. The van der Waals surface area contributed by atoms with Crippen molar-refractivity contribution in [3.05, 3.63) is 72.3 Å². The van der Waals surface area contributed by atoms with Gasteiger partial charge >= 0.3 is 11.9 Å². The van der Waals surface area contributed by atoms with E-state index in [1.807, 2.05) is 42.5 Å². The van der Waals surface area contributed by atoms with Gasteiger partial charge in [0.2, 0.25) is 0 Å². The molecule has 154 valence electrons. The van der Waals surface area contributed by atoms with Crippen LogP contribution in [0.1, 0.15) is 40.2 Å². The molecule has 0 amide bonds. The SMILES string of the molecule is C=C(C)C(=O)Oc1c2ccccc2c(OC(=O)C(=C)C)c2c(C(C)(C)C)cccc12. The molecule has 0 saturated carbocycles. The zero-order chi connectivity index (χ0) is 22.2. The van der Waals surface area contributed by atoms with Gasteiger partial charge in [0.1, 0.15) is 11.5 Å². The van der Waals surface area contributed by atoms with Crippen LogP contribution in [0.25, 0.3) is 21.5 Å². The summed E-state index contributed by atoms with van der Waals surface area (Å²) in [5, 5.41) is 2.79. The van der Waals surface area contributed by atoms with Crippen LogP contribution in [0.2, 0.25) is 0 Å². The number of carbonyl (C=O) groups excluding carboxylic acids is 2. The van der Waals surface area contributed by atoms with E-state index in [1.165, 1.54) is 0 Å². The smallest absolute Gasteiger partial charge is 0.338 e. The molecule has 0 aliphatic carbocycles. The van der Waals surface area contributed by atoms with Crippen LogP contribution in [0.3, 0.4) is 0 Å². The van der Waals surface area contributed by atoms with Crippen LogP contribution < -0.4 is 9.47 Å². The van der Waals surface area contributed by atoms with Gasteiger partial charge in [0.15, 0.2) is 0 Å². The number of hydrogen-bond acceptors (Lipinski definition) is 4. The van der Waals surface area contributed by atoms with E-state index in [2.05, 4.69) is 33.9 Å². The van der Waals surface area contributed by atoms with Crippen molar-refractivity contribution in [3.8, 4) is 11.5 Å². The topological polar surface area (TPSA) is 52.6 Å². The first-order valence-electron chi connectivity index (χ1n) is 9.75. The molecule has 0 aliphatic rings. The van der Waals surface area contributed by atoms with E-state index < -0.39 is 11.9 Å². The second-order valence-corrected chi connectivity index (χ2v) is 8.52. The maximum absolute atomic E-state index is 12.5. The van der Waals surface area contributed by atoms with Gasteiger partial charge in [-0.3, -0.25) is 0 Å². The molecule has 3 aromatic carbocycles. The Kier molecular flexibility index (Phi) is 5.53. The molecule has 3 rings (SSSR count). The van der Waals surface area contributed by atoms with E-state index in [0.29, 0.717) is 38.8 Å². The highest BCUT2D eigenvalue weighted by molar-refractivity contribution is 6.14. The van der Waals surface area contributed by atoms with Gasteiger partial charge in [-0.2, -0.15) is 0 Å². The quantitative estimate of drug-likeness (QED) is 0.224. The van der Waals surface area contributed by atoms with E-state index in [4.69, 9.17) is 9.47 Å². The first-order chi connectivity index (χ1) is 14.0. The van der Waals surface area contributed by atoms with Gasteiger partial charge in [-0.25, -0.2) is 9.59 Å². The van der Waals surface area contributed by atoms with Gasteiger partial charge in [-0.05, 0) is 24.8 Å². The van der Waals surface area contributed by atoms with Crippen molar-refractivity contribution in [1.82, 2.24) is 0 Å². The number of carbonyl (C=O) groups is 2. The lowest BCUT2D eigenvalue weighted by atomic mass is 9.82. The highest BCUT2D eigenvalue weighted by Gasteiger charge is 2.26. The molecule has 0 N–H and O–H groups in total. The fourth-order valence-corrected chi connectivity index (χ4v) is 3.35. The minimum atomic E-state index is -0.505. The van der Waals surface area contributed by atoms with Crippen molar-refractivity contribution in [2.45, 2.75) is 40.0 Å². The summed E-state index contributed by atoms with van der Waals surface area (Å²) < 4.78 is 11.6. The Balaban J connectivity index is 2.51. The summed E-state index contributed by atoms with van der Waals surface area (Å²) in [6, 6.07) is 13.2. The number of ether oxygens (including phenoxy) is 2. The van der Waals surface area contributed by atoms with E-state index in [-0.39, 0.29) is 5.41 Å². The molecule has 0 saturated heterocycles. The molecule has 0 atom stereocenters. The molecule has 4 nitrogen and oxygen atoms in total. The third-order valence-electron chi connectivity index (χ3n) is 4.85. The van der Waals surface area contributed by atoms with E-state index >= 15 is 0 Å². The molecule has 0 unspecified atom stereocenters. The maximum atomic E-state index is 12.5. The molecule has 0 aliphatic heterocycles. The second-order valence-electron chi connectivity index (χ2n) is 8.52. The number of hydrogen-bond donors (Lipinski definition) is 0. The molecule has 4 heteroatoms. The van der Waals surface area contributed by atoms with E-state index in [1.54, 1.807) is 13.8 Å². The predicted octanol–water partition coefficient (Wildman–Crippen LogP) is 6.25. The number of rotatable bonds is 4. The zero-order valence-electron chi connectivity index (χ0n) is 18.1. The standard InChI is InChI=1S/C26H26O4/c1-15(2)24(27)29-22-17-11-8-9-12-18(17)23(30-25(28)16(3)4)21-19(22)13-10-14-20(21)26(5,6)7/h8-14H,1,3H2,2,4-7H3. The van der Waals surface area contributed by atoms with Crippen LogP contribution in [0.15, 0.2) is 66.8 Å². The third kappa shape index (κ3) is 3.86. The molecular weight excluding hydrogens is 376 g/mol. The molecule has 3 aromatic rings. The Morgan fingerprint density at radius 3 is 1.70 bits per heavy atom. The van der Waals surface area contributed by atoms with Gasteiger partial charge in [-0.15, -0.1) is 0 Å². The summed E-state index contributed by atoms with van der Waals surface area (Å²) >= 11 is 0. The molecule has 0 fully saturated rings. The largest absolute Gasteiger partial charge is 0.422 e. The first-order valence-corrected chi connectivity index (χ1v) is 9.75. The van der Waals surface area contributed by atoms with Crippen LogP contribution in [0.4, 0.5) is 0 Å². The molecule has 0 radical (unpaired) electrons. The minimum absolute atomic E-state index is 0.248. The Hall–Kier alpha value is -3.40. The summed E-state index contributed by atoms with van der Waals surface area (Å²) in [6.07, 6.45) is 0. The summed E-state index contributed by atoms with van der Waals surface area (Å²) in [4.78, 5) is 24.9. The van der Waals surface area contributed by atoms with E-state index in [9.17, 15) is 9.59 Å². The minimum Gasteiger partial charge on any atom is -0.422 e. The maximum Gasteiger partial charge on any atom is 0.338 e. The van der Waals surface area contributed by atoms with Crippen molar-refractivity contribution in [2.75, 3.05) is 0 Å². The molecule has 30 heavy (non-hydrogen) atoms. The van der Waals surface area contributed by atoms with Gasteiger partial charge in [0.25, 0.3) is 0 Å². The van der Waals surface area contributed by atoms with Gasteiger partial charge in [0, 0.05) is 32.7 Å². The van der Waals surface area contributed by atoms with Crippen LogP contribution in [-0.4, -0.2) is 11.9 Å². The summed E-state index contributed by atoms with van der Waals surface area (Å²) in [5.41, 5.74) is 1.33. The lowest BCUT2D eigenvalue weighted by molar-refractivity contribution is -0.130. The van der Waals surface area contributed by atoms with Crippen LogP contribution in [0, 0.1) is 0 Å². The summed E-state index contributed by atoms with van der Waals surface area (Å²) in [7, 11) is 0. The highest BCUT2D eigenvalue weighted by Crippen LogP contribution is 2.46. The fraction of sp³-hybridized carbons (Fsp3) is 0.231. The lowest BCUT2D eigenvalue weighted by Gasteiger charge is -2.25. The van der Waals surface area contributed by atoms with Crippen molar-refractivity contribution >= 4 is 33.5 Å². The van der Waals surface area contributed by atoms with Gasteiger partial charge in [0.05, 0.1) is 0 Å². The van der Waals surface area contributed by atoms with Crippen molar-refractivity contribution in [1.29, 1.82) is 0 Å². The Bertz CT molecular complexity index is 1210. The lowest BCUT2D eigenvalue weighted by Crippen LogP contribution is -2.15. The zero-order valence-corrected chi connectivity index (χ0v) is 18.1.